The molecule has 0 aliphatic heterocycles. The quantitative estimate of drug-likeness (QED) is 0.765. The molecule has 1 aromatic rings. The highest BCUT2D eigenvalue weighted by Gasteiger charge is 2.22. The van der Waals surface area contributed by atoms with Crippen LogP contribution in [0.15, 0.2) is 34.9 Å². The van der Waals surface area contributed by atoms with E-state index in [2.05, 4.69) is 5.32 Å². The molecule has 1 aromatic carbocycles. The number of nitrogens with one attached hydrogen (secondary N) is 1. The Kier molecular flexibility index (Phi) is 6.58. The van der Waals surface area contributed by atoms with Gasteiger partial charge in [0.05, 0.1) is 17.7 Å². The maximum Gasteiger partial charge on any atom is 0.243 e. The molecule has 122 valence electrons. The first kappa shape index (κ1) is 18.5. The van der Waals surface area contributed by atoms with E-state index in [1.54, 1.807) is 26.0 Å². The molecule has 0 radical (unpaired) electrons. The predicted octanol–water partition coefficient (Wildman–Crippen LogP) is 2.07. The summed E-state index contributed by atoms with van der Waals surface area (Å²) in [5.41, 5.74) is 0.216. The number of nitrogens with zero attached hydrogens (tertiary/aromatic N) is 3. The van der Waals surface area contributed by atoms with Crippen LogP contribution < -0.4 is 10.1 Å². The summed E-state index contributed by atoms with van der Waals surface area (Å²) < 4.78 is 31.6. The zero-order chi connectivity index (χ0) is 17.5. The van der Waals surface area contributed by atoms with Gasteiger partial charge in [-0.15, -0.1) is 0 Å². The van der Waals surface area contributed by atoms with Crippen LogP contribution >= 0.6 is 0 Å². The van der Waals surface area contributed by atoms with Crippen LogP contribution in [-0.4, -0.2) is 32.9 Å². The Morgan fingerprint density at radius 2 is 1.91 bits per heavy atom. The number of allylic oxidation sites excluding steroid dienone is 1. The van der Waals surface area contributed by atoms with E-state index in [0.29, 0.717) is 24.5 Å². The van der Waals surface area contributed by atoms with Gasteiger partial charge in [0.2, 0.25) is 10.0 Å². The standard InChI is InChI=1S/C15H18N4O3S/c1-4-19(5-2)23(20,21)13-6-7-15(22-3)14(8-13)18-11-12(9-16)10-17/h6-8,11,18H,4-5H2,1-3H3. The van der Waals surface area contributed by atoms with Gasteiger partial charge in [0.1, 0.15) is 23.5 Å². The molecule has 23 heavy (non-hydrogen) atoms. The molecule has 0 bridgehead atoms. The van der Waals surface area contributed by atoms with Crippen molar-refractivity contribution in [2.75, 3.05) is 25.5 Å². The number of hydrogen-bond acceptors (Lipinski definition) is 6. The summed E-state index contributed by atoms with van der Waals surface area (Å²) in [6, 6.07) is 7.81. The lowest BCUT2D eigenvalue weighted by Crippen LogP contribution is -2.30. The number of rotatable bonds is 7. The molecule has 0 unspecified atom stereocenters. The van der Waals surface area contributed by atoms with Crippen LogP contribution in [0.2, 0.25) is 0 Å². The van der Waals surface area contributed by atoms with Crippen molar-refractivity contribution >= 4 is 15.7 Å². The Bertz CT molecular complexity index is 753. The molecule has 0 aliphatic carbocycles. The van der Waals surface area contributed by atoms with E-state index >= 15 is 0 Å². The number of benzene rings is 1. The van der Waals surface area contributed by atoms with Crippen molar-refractivity contribution in [1.29, 1.82) is 10.5 Å². The van der Waals surface area contributed by atoms with Crippen LogP contribution in [0.1, 0.15) is 13.8 Å². The summed E-state index contributed by atoms with van der Waals surface area (Å²) in [5, 5.41) is 20.2. The van der Waals surface area contributed by atoms with Gasteiger partial charge in [-0.2, -0.15) is 14.8 Å². The Morgan fingerprint density at radius 1 is 1.30 bits per heavy atom. The normalized spacial score (nSPS) is 10.5. The summed E-state index contributed by atoms with van der Waals surface area (Å²) in [7, 11) is -2.17. The van der Waals surface area contributed by atoms with Crippen molar-refractivity contribution in [1.82, 2.24) is 4.31 Å². The van der Waals surface area contributed by atoms with E-state index < -0.39 is 10.0 Å². The first-order valence-electron chi connectivity index (χ1n) is 6.89. The van der Waals surface area contributed by atoms with Gasteiger partial charge in [0, 0.05) is 19.3 Å². The Balaban J connectivity index is 3.31. The Labute approximate surface area is 136 Å². The molecule has 0 heterocycles. The molecule has 0 aliphatic rings. The van der Waals surface area contributed by atoms with E-state index in [9.17, 15) is 8.42 Å². The minimum atomic E-state index is -3.61. The number of nitriles is 2. The maximum atomic E-state index is 12.5. The summed E-state index contributed by atoms with van der Waals surface area (Å²) in [4.78, 5) is 0.105. The minimum absolute atomic E-state index is 0.105. The van der Waals surface area contributed by atoms with Crippen LogP contribution in [0.25, 0.3) is 0 Å². The molecule has 1 N–H and O–H groups in total. The van der Waals surface area contributed by atoms with Crippen molar-refractivity contribution in [3.8, 4) is 17.9 Å². The first-order valence-corrected chi connectivity index (χ1v) is 8.33. The predicted molar refractivity (Wildman–Crippen MR) is 86.0 cm³/mol. The lowest BCUT2D eigenvalue weighted by Gasteiger charge is -2.19. The van der Waals surface area contributed by atoms with Gasteiger partial charge in [-0.3, -0.25) is 0 Å². The fraction of sp³-hybridized carbons (Fsp3) is 0.333. The highest BCUT2D eigenvalue weighted by molar-refractivity contribution is 7.89. The van der Waals surface area contributed by atoms with Crippen LogP contribution in [-0.2, 0) is 10.0 Å². The smallest absolute Gasteiger partial charge is 0.243 e. The molecular weight excluding hydrogens is 316 g/mol. The van der Waals surface area contributed by atoms with Gasteiger partial charge in [-0.05, 0) is 18.2 Å². The second kappa shape index (κ2) is 8.18. The maximum absolute atomic E-state index is 12.5. The van der Waals surface area contributed by atoms with Crippen molar-refractivity contribution in [2.24, 2.45) is 0 Å². The third-order valence-electron chi connectivity index (χ3n) is 3.13. The van der Waals surface area contributed by atoms with Crippen molar-refractivity contribution in [3.05, 3.63) is 30.0 Å². The van der Waals surface area contributed by atoms with Crippen LogP contribution in [0.4, 0.5) is 5.69 Å². The number of methoxy groups -OCH3 is 1. The van der Waals surface area contributed by atoms with Crippen molar-refractivity contribution in [3.63, 3.8) is 0 Å². The second-order valence-electron chi connectivity index (χ2n) is 4.38. The van der Waals surface area contributed by atoms with Crippen LogP contribution in [0, 0.1) is 22.7 Å². The Hall–Kier alpha value is -2.55. The van der Waals surface area contributed by atoms with Gasteiger partial charge in [0.15, 0.2) is 0 Å². The molecule has 0 saturated heterocycles. The molecule has 0 amide bonds. The first-order chi connectivity index (χ1) is 10.9. The van der Waals surface area contributed by atoms with Crippen molar-refractivity contribution in [2.45, 2.75) is 18.7 Å². The highest BCUT2D eigenvalue weighted by atomic mass is 32.2. The van der Waals surface area contributed by atoms with Gasteiger partial charge in [0.25, 0.3) is 0 Å². The van der Waals surface area contributed by atoms with Crippen molar-refractivity contribution < 1.29 is 13.2 Å². The molecule has 7 nitrogen and oxygen atoms in total. The molecule has 0 atom stereocenters. The average Bonchev–Trinajstić information content (AvgIpc) is 2.56. The van der Waals surface area contributed by atoms with Gasteiger partial charge in [-0.25, -0.2) is 8.42 Å². The highest BCUT2D eigenvalue weighted by Crippen LogP contribution is 2.29. The summed E-state index contributed by atoms with van der Waals surface area (Å²) in [6.07, 6.45) is 1.20. The van der Waals surface area contributed by atoms with Gasteiger partial charge >= 0.3 is 0 Å². The zero-order valence-corrected chi connectivity index (χ0v) is 14.0. The van der Waals surface area contributed by atoms with Gasteiger partial charge < -0.3 is 10.1 Å². The molecule has 8 heteroatoms. The number of sulfonamides is 1. The fourth-order valence-corrected chi connectivity index (χ4v) is 3.40. The molecule has 0 spiro atoms. The number of hydrogen-bond donors (Lipinski definition) is 1. The molecular formula is C15H18N4O3S. The monoisotopic (exact) mass is 334 g/mol. The third kappa shape index (κ3) is 4.22. The fourth-order valence-electron chi connectivity index (χ4n) is 1.91. The molecule has 0 saturated carbocycles. The van der Waals surface area contributed by atoms with E-state index in [1.807, 2.05) is 0 Å². The number of anilines is 1. The third-order valence-corrected chi connectivity index (χ3v) is 5.17. The van der Waals surface area contributed by atoms with E-state index in [0.717, 1.165) is 0 Å². The molecule has 0 aromatic heterocycles. The SMILES string of the molecule is CCN(CC)S(=O)(=O)c1ccc(OC)c(NC=C(C#N)C#N)c1. The molecule has 1 rings (SSSR count). The zero-order valence-electron chi connectivity index (χ0n) is 13.2. The molecule has 0 fully saturated rings. The van der Waals surface area contributed by atoms with Crippen LogP contribution in [0.5, 0.6) is 5.75 Å². The lowest BCUT2D eigenvalue weighted by molar-refractivity contribution is 0.416. The van der Waals surface area contributed by atoms with E-state index in [-0.39, 0.29) is 10.5 Å². The van der Waals surface area contributed by atoms with Crippen LogP contribution in [0.3, 0.4) is 0 Å². The Morgan fingerprint density at radius 3 is 2.39 bits per heavy atom. The van der Waals surface area contributed by atoms with Gasteiger partial charge in [-0.1, -0.05) is 13.8 Å². The van der Waals surface area contributed by atoms with E-state index in [4.69, 9.17) is 15.3 Å². The number of ether oxygens (including phenoxy) is 1. The summed E-state index contributed by atoms with van der Waals surface area (Å²) in [6.45, 7) is 4.25. The topological polar surface area (TPSA) is 106 Å². The largest absolute Gasteiger partial charge is 0.495 e. The van der Waals surface area contributed by atoms with E-state index in [1.165, 1.54) is 35.8 Å². The average molecular weight is 334 g/mol. The summed E-state index contributed by atoms with van der Waals surface area (Å²) in [5.74, 6) is 0.398. The summed E-state index contributed by atoms with van der Waals surface area (Å²) >= 11 is 0. The lowest BCUT2D eigenvalue weighted by atomic mass is 10.3. The minimum Gasteiger partial charge on any atom is -0.495 e. The second-order valence-corrected chi connectivity index (χ2v) is 6.32.